The van der Waals surface area contributed by atoms with Gasteiger partial charge in [-0.05, 0) is 18.9 Å². The topological polar surface area (TPSA) is 68.9 Å². The zero-order chi connectivity index (χ0) is 16.4. The molecule has 6 nitrogen and oxygen atoms in total. The van der Waals surface area contributed by atoms with Crippen LogP contribution < -0.4 is 0 Å². The number of benzene rings is 1. The van der Waals surface area contributed by atoms with Crippen molar-refractivity contribution in [3.63, 3.8) is 0 Å². The number of hydrogen-bond acceptors (Lipinski definition) is 8. The van der Waals surface area contributed by atoms with Crippen molar-refractivity contribution in [2.45, 2.75) is 29.9 Å². The van der Waals surface area contributed by atoms with Crippen LogP contribution in [0.15, 0.2) is 34.7 Å². The van der Waals surface area contributed by atoms with Gasteiger partial charge in [-0.3, -0.25) is 0 Å². The lowest BCUT2D eigenvalue weighted by Crippen LogP contribution is -1.96. The average Bonchev–Trinajstić information content (AvgIpc) is 3.28. The van der Waals surface area contributed by atoms with Crippen molar-refractivity contribution >= 4 is 39.4 Å². The second-order valence-electron chi connectivity index (χ2n) is 5.17. The Morgan fingerprint density at radius 2 is 1.88 bits per heavy atom. The lowest BCUT2D eigenvalue weighted by Gasteiger charge is -1.97. The number of aryl methyl sites for hydroxylation is 3. The van der Waals surface area contributed by atoms with E-state index in [0.29, 0.717) is 5.75 Å². The first-order valence-electron chi connectivity index (χ1n) is 7.45. The minimum absolute atomic E-state index is 0.692. The van der Waals surface area contributed by atoms with Gasteiger partial charge in [0.05, 0.1) is 5.75 Å². The van der Waals surface area contributed by atoms with Crippen LogP contribution in [0.25, 0.3) is 4.96 Å². The molecule has 1 aromatic carbocycles. The number of fused-ring (bicyclic) bond motifs is 1. The molecule has 0 saturated carbocycles. The third-order valence-corrected chi connectivity index (χ3v) is 6.33. The van der Waals surface area contributed by atoms with Crippen molar-refractivity contribution in [2.75, 3.05) is 0 Å². The normalized spacial score (nSPS) is 11.4. The minimum Gasteiger partial charge on any atom is -0.186 e. The molecule has 0 aliphatic heterocycles. The second kappa shape index (κ2) is 6.96. The molecular weight excluding hydrogens is 360 g/mol. The van der Waals surface area contributed by atoms with Crippen LogP contribution >= 0.6 is 34.4 Å². The van der Waals surface area contributed by atoms with Crippen molar-refractivity contribution in [3.8, 4) is 0 Å². The average molecular weight is 375 g/mol. The van der Waals surface area contributed by atoms with E-state index < -0.39 is 0 Å². The summed E-state index contributed by atoms with van der Waals surface area (Å²) in [5, 5.41) is 23.3. The lowest BCUT2D eigenvalue weighted by molar-refractivity contribution is 0.828. The lowest BCUT2D eigenvalue weighted by atomic mass is 10.1. The van der Waals surface area contributed by atoms with E-state index in [0.717, 1.165) is 38.0 Å². The molecule has 122 valence electrons. The summed E-state index contributed by atoms with van der Waals surface area (Å²) in [6.45, 7) is 1.95. The van der Waals surface area contributed by atoms with Crippen LogP contribution in [-0.4, -0.2) is 30.0 Å². The summed E-state index contributed by atoms with van der Waals surface area (Å²) in [7, 11) is 0. The molecule has 3 aromatic heterocycles. The first-order valence-corrected chi connectivity index (χ1v) is 10.1. The summed E-state index contributed by atoms with van der Waals surface area (Å²) in [5.74, 6) is 1.54. The summed E-state index contributed by atoms with van der Waals surface area (Å²) < 4.78 is 2.80. The van der Waals surface area contributed by atoms with Gasteiger partial charge in [-0.1, -0.05) is 64.8 Å². The molecule has 0 fully saturated rings. The van der Waals surface area contributed by atoms with Gasteiger partial charge in [0.25, 0.3) is 0 Å². The molecule has 0 aliphatic carbocycles. The first kappa shape index (κ1) is 15.7. The van der Waals surface area contributed by atoms with Gasteiger partial charge in [0, 0.05) is 6.42 Å². The molecule has 0 spiro atoms. The maximum Gasteiger partial charge on any atom is 0.234 e. The molecule has 0 atom stereocenters. The molecule has 0 radical (unpaired) electrons. The molecule has 0 bridgehead atoms. The van der Waals surface area contributed by atoms with Gasteiger partial charge >= 0.3 is 0 Å². The standard InChI is InChI=1S/C15H14N6S3/c1-10-16-19-15(23-10)22-9-12-17-18-14-21(12)20-13(24-14)8-7-11-5-3-2-4-6-11/h2-6H,7-9H2,1H3. The summed E-state index contributed by atoms with van der Waals surface area (Å²) in [6.07, 6.45) is 1.90. The van der Waals surface area contributed by atoms with Crippen molar-refractivity contribution < 1.29 is 0 Å². The highest BCUT2D eigenvalue weighted by molar-refractivity contribution is 8.00. The quantitative estimate of drug-likeness (QED) is 0.482. The number of rotatable bonds is 6. The highest BCUT2D eigenvalue weighted by Crippen LogP contribution is 2.26. The van der Waals surface area contributed by atoms with E-state index in [2.05, 4.69) is 49.8 Å². The van der Waals surface area contributed by atoms with Gasteiger partial charge in [-0.25, -0.2) is 0 Å². The van der Waals surface area contributed by atoms with E-state index in [-0.39, 0.29) is 0 Å². The van der Waals surface area contributed by atoms with Crippen LogP contribution in [0.1, 0.15) is 21.4 Å². The monoisotopic (exact) mass is 374 g/mol. The van der Waals surface area contributed by atoms with Crippen molar-refractivity contribution in [1.82, 2.24) is 30.0 Å². The van der Waals surface area contributed by atoms with Crippen LogP contribution in [0.3, 0.4) is 0 Å². The van der Waals surface area contributed by atoms with Gasteiger partial charge in [-0.2, -0.15) is 9.61 Å². The number of nitrogens with zero attached hydrogens (tertiary/aromatic N) is 6. The van der Waals surface area contributed by atoms with Crippen molar-refractivity contribution in [2.24, 2.45) is 0 Å². The Hall–Kier alpha value is -1.84. The van der Waals surface area contributed by atoms with Gasteiger partial charge in [-0.15, -0.1) is 20.4 Å². The van der Waals surface area contributed by atoms with E-state index in [1.165, 1.54) is 5.56 Å². The predicted molar refractivity (Wildman–Crippen MR) is 96.7 cm³/mol. The smallest absolute Gasteiger partial charge is 0.186 e. The largest absolute Gasteiger partial charge is 0.234 e. The van der Waals surface area contributed by atoms with Crippen LogP contribution in [0.2, 0.25) is 0 Å². The van der Waals surface area contributed by atoms with Crippen LogP contribution in [0.4, 0.5) is 0 Å². The maximum atomic E-state index is 4.67. The molecule has 0 N–H and O–H groups in total. The van der Waals surface area contributed by atoms with E-state index >= 15 is 0 Å². The first-order chi connectivity index (χ1) is 11.8. The van der Waals surface area contributed by atoms with Gasteiger partial charge in [0.15, 0.2) is 10.2 Å². The molecule has 0 aliphatic rings. The minimum atomic E-state index is 0.692. The van der Waals surface area contributed by atoms with Crippen LogP contribution in [0.5, 0.6) is 0 Å². The third kappa shape index (κ3) is 3.47. The third-order valence-electron chi connectivity index (χ3n) is 3.40. The van der Waals surface area contributed by atoms with Crippen LogP contribution in [0, 0.1) is 6.92 Å². The predicted octanol–water partition coefficient (Wildman–Crippen LogP) is 3.42. The SMILES string of the molecule is Cc1nnc(SCc2nnc3sc(CCc4ccccc4)nn23)s1. The van der Waals surface area contributed by atoms with Gasteiger partial charge in [0.2, 0.25) is 4.96 Å². The summed E-state index contributed by atoms with van der Waals surface area (Å²) in [6, 6.07) is 10.5. The van der Waals surface area contributed by atoms with E-state index in [1.54, 1.807) is 34.4 Å². The van der Waals surface area contributed by atoms with Gasteiger partial charge < -0.3 is 0 Å². The number of hydrogen-bond donors (Lipinski definition) is 0. The summed E-state index contributed by atoms with van der Waals surface area (Å²) >= 11 is 4.82. The Balaban J connectivity index is 1.44. The Labute approximate surface area is 151 Å². The molecule has 4 rings (SSSR count). The fraction of sp³-hybridized carbons (Fsp3) is 0.267. The Morgan fingerprint density at radius 1 is 1.00 bits per heavy atom. The van der Waals surface area contributed by atoms with Crippen molar-refractivity contribution in [3.05, 3.63) is 51.7 Å². The molecule has 0 unspecified atom stereocenters. The molecule has 3 heterocycles. The van der Waals surface area contributed by atoms with E-state index in [1.807, 2.05) is 17.5 Å². The second-order valence-corrected chi connectivity index (χ2v) is 8.61. The van der Waals surface area contributed by atoms with E-state index in [4.69, 9.17) is 0 Å². The molecule has 4 aromatic rings. The number of aromatic nitrogens is 6. The number of thioether (sulfide) groups is 1. The molecular formula is C15H14N6S3. The zero-order valence-electron chi connectivity index (χ0n) is 12.9. The maximum absolute atomic E-state index is 4.67. The molecule has 24 heavy (non-hydrogen) atoms. The van der Waals surface area contributed by atoms with Gasteiger partial charge in [0.1, 0.15) is 10.0 Å². The fourth-order valence-electron chi connectivity index (χ4n) is 2.25. The van der Waals surface area contributed by atoms with Crippen LogP contribution in [-0.2, 0) is 18.6 Å². The molecule has 0 saturated heterocycles. The summed E-state index contributed by atoms with van der Waals surface area (Å²) in [5.41, 5.74) is 1.32. The van der Waals surface area contributed by atoms with E-state index in [9.17, 15) is 0 Å². The molecule has 0 amide bonds. The molecule has 9 heteroatoms. The van der Waals surface area contributed by atoms with Crippen molar-refractivity contribution in [1.29, 1.82) is 0 Å². The Kier molecular flexibility index (Phi) is 4.54. The Bertz CT molecular complexity index is 943. The highest BCUT2D eigenvalue weighted by Gasteiger charge is 2.13. The zero-order valence-corrected chi connectivity index (χ0v) is 15.4. The highest BCUT2D eigenvalue weighted by atomic mass is 32.2. The summed E-state index contributed by atoms with van der Waals surface area (Å²) in [4.78, 5) is 0.849. The Morgan fingerprint density at radius 3 is 2.67 bits per heavy atom. The fourth-order valence-corrected chi connectivity index (χ4v) is 4.82.